The second-order valence-electron chi connectivity index (χ2n) is 9.04. The quantitative estimate of drug-likeness (QED) is 0.148. The molecule has 4 unspecified atom stereocenters. The summed E-state index contributed by atoms with van der Waals surface area (Å²) in [6.45, 7) is 3.53. The molecule has 1 heterocycles. The molecule has 0 aliphatic rings. The van der Waals surface area contributed by atoms with E-state index in [1.54, 1.807) is 20.0 Å². The maximum Gasteiger partial charge on any atom is 0.327 e. The van der Waals surface area contributed by atoms with Crippen LogP contribution >= 0.6 is 12.6 Å². The number of carboxylic acid groups (broad SMARTS) is 1. The average Bonchev–Trinajstić information content (AvgIpc) is 3.26. The number of fused-ring (bicyclic) bond motifs is 1. The number of amides is 4. The molecule has 0 radical (unpaired) electrons. The SMILES string of the molecule is CC(C)C(N)C(=O)NC(Cc1c[nH]c2ccccc12)C(=O)NC(CCC(N)=O)C(=O)NC(CS)C(=O)O. The van der Waals surface area contributed by atoms with Crippen LogP contribution < -0.4 is 27.4 Å². The van der Waals surface area contributed by atoms with Gasteiger partial charge >= 0.3 is 5.97 Å². The van der Waals surface area contributed by atoms with Crippen LogP contribution in [0.3, 0.4) is 0 Å². The summed E-state index contributed by atoms with van der Waals surface area (Å²) >= 11 is 3.92. The molecule has 1 aromatic heterocycles. The Morgan fingerprint density at radius 3 is 2.16 bits per heavy atom. The molecule has 2 aromatic rings. The number of nitrogens with two attached hydrogens (primary N) is 2. The maximum atomic E-state index is 13.4. The van der Waals surface area contributed by atoms with E-state index in [1.807, 2.05) is 24.3 Å². The number of H-pyrrole nitrogens is 1. The molecule has 0 saturated carbocycles. The van der Waals surface area contributed by atoms with E-state index in [9.17, 15) is 29.1 Å². The molecule has 2 rings (SSSR count). The van der Waals surface area contributed by atoms with Crippen molar-refractivity contribution in [1.82, 2.24) is 20.9 Å². The number of para-hydroxylation sites is 1. The number of aromatic amines is 1. The molecule has 4 amide bonds. The number of hydrogen-bond acceptors (Lipinski definition) is 7. The molecule has 13 heteroatoms. The molecule has 0 aliphatic carbocycles. The molecule has 0 fully saturated rings. The zero-order valence-electron chi connectivity index (χ0n) is 20.7. The highest BCUT2D eigenvalue weighted by atomic mass is 32.1. The van der Waals surface area contributed by atoms with Gasteiger partial charge in [-0.2, -0.15) is 12.6 Å². The van der Waals surface area contributed by atoms with Crippen LogP contribution in [0.15, 0.2) is 30.5 Å². The lowest BCUT2D eigenvalue weighted by molar-refractivity contribution is -0.141. The second-order valence-corrected chi connectivity index (χ2v) is 9.41. The Hall–Kier alpha value is -3.58. The molecule has 0 spiro atoms. The Kier molecular flexibility index (Phi) is 10.9. The summed E-state index contributed by atoms with van der Waals surface area (Å²) in [6, 6.07) is 2.83. The van der Waals surface area contributed by atoms with Crippen molar-refractivity contribution in [2.24, 2.45) is 17.4 Å². The van der Waals surface area contributed by atoms with Crippen molar-refractivity contribution in [3.8, 4) is 0 Å². The lowest BCUT2D eigenvalue weighted by Gasteiger charge is -2.25. The average molecular weight is 535 g/mol. The number of carbonyl (C=O) groups is 5. The molecule has 0 bridgehead atoms. The predicted octanol–water partition coefficient (Wildman–Crippen LogP) is -0.572. The van der Waals surface area contributed by atoms with E-state index in [1.165, 1.54) is 0 Å². The Labute approximate surface area is 219 Å². The van der Waals surface area contributed by atoms with Gasteiger partial charge in [-0.05, 0) is 24.0 Å². The first-order chi connectivity index (χ1) is 17.4. The van der Waals surface area contributed by atoms with E-state index in [0.29, 0.717) is 0 Å². The van der Waals surface area contributed by atoms with Gasteiger partial charge in [-0.15, -0.1) is 0 Å². The molecule has 0 aliphatic heterocycles. The van der Waals surface area contributed by atoms with Crippen LogP contribution in [0.25, 0.3) is 10.9 Å². The fourth-order valence-corrected chi connectivity index (χ4v) is 3.83. The normalized spacial score (nSPS) is 14.4. The summed E-state index contributed by atoms with van der Waals surface area (Å²) in [6.07, 6.45) is 1.38. The van der Waals surface area contributed by atoms with E-state index >= 15 is 0 Å². The number of carbonyl (C=O) groups excluding carboxylic acids is 4. The van der Waals surface area contributed by atoms with Gasteiger partial charge < -0.3 is 37.5 Å². The third-order valence-corrected chi connectivity index (χ3v) is 6.23. The molecule has 4 atom stereocenters. The van der Waals surface area contributed by atoms with E-state index < -0.39 is 53.8 Å². The Morgan fingerprint density at radius 2 is 1.57 bits per heavy atom. The number of thiol groups is 1. The molecule has 37 heavy (non-hydrogen) atoms. The Balaban J connectivity index is 2.31. The van der Waals surface area contributed by atoms with Crippen molar-refractivity contribution in [3.05, 3.63) is 36.0 Å². The second kappa shape index (κ2) is 13.7. The van der Waals surface area contributed by atoms with Gasteiger partial charge in [0.2, 0.25) is 23.6 Å². The van der Waals surface area contributed by atoms with E-state index in [2.05, 4.69) is 33.6 Å². The van der Waals surface area contributed by atoms with Crippen molar-refractivity contribution < 1.29 is 29.1 Å². The summed E-state index contributed by atoms with van der Waals surface area (Å²) in [4.78, 5) is 64.7. The number of rotatable bonds is 14. The van der Waals surface area contributed by atoms with Gasteiger partial charge in [-0.3, -0.25) is 19.2 Å². The van der Waals surface area contributed by atoms with Crippen LogP contribution in [0.5, 0.6) is 0 Å². The van der Waals surface area contributed by atoms with Crippen LogP contribution in [0.4, 0.5) is 0 Å². The zero-order valence-corrected chi connectivity index (χ0v) is 21.6. The summed E-state index contributed by atoms with van der Waals surface area (Å²) in [5, 5.41) is 17.6. The topological polar surface area (TPSA) is 209 Å². The first kappa shape index (κ1) is 29.6. The summed E-state index contributed by atoms with van der Waals surface area (Å²) < 4.78 is 0. The van der Waals surface area contributed by atoms with Gasteiger partial charge in [0, 0.05) is 35.7 Å². The summed E-state index contributed by atoms with van der Waals surface area (Å²) in [7, 11) is 0. The highest BCUT2D eigenvalue weighted by Crippen LogP contribution is 2.19. The maximum absolute atomic E-state index is 13.4. The number of aliphatic carboxylic acids is 1. The lowest BCUT2D eigenvalue weighted by atomic mass is 10.0. The van der Waals surface area contributed by atoms with Gasteiger partial charge in [-0.25, -0.2) is 4.79 Å². The van der Waals surface area contributed by atoms with Crippen molar-refractivity contribution in [3.63, 3.8) is 0 Å². The predicted molar refractivity (Wildman–Crippen MR) is 141 cm³/mol. The number of nitrogens with one attached hydrogen (secondary N) is 4. The standard InChI is InChI=1S/C24H34N6O6S/c1-12(2)20(26)23(34)29-17(9-13-10-27-15-6-4-3-5-14(13)15)22(33)28-16(7-8-19(25)31)21(32)30-18(11-37)24(35)36/h3-6,10,12,16-18,20,27,37H,7-9,11,26H2,1-2H3,(H2,25,31)(H,28,33)(H,29,34)(H,30,32)(H,35,36). The highest BCUT2D eigenvalue weighted by molar-refractivity contribution is 7.80. The van der Waals surface area contributed by atoms with Gasteiger partial charge in [0.1, 0.15) is 18.1 Å². The fraction of sp³-hybridized carbons (Fsp3) is 0.458. The van der Waals surface area contributed by atoms with Crippen molar-refractivity contribution >= 4 is 53.1 Å². The minimum atomic E-state index is -1.31. The van der Waals surface area contributed by atoms with Crippen molar-refractivity contribution in [2.75, 3.05) is 5.75 Å². The smallest absolute Gasteiger partial charge is 0.327 e. The molecular weight excluding hydrogens is 500 g/mol. The van der Waals surface area contributed by atoms with E-state index in [0.717, 1.165) is 16.5 Å². The zero-order chi connectivity index (χ0) is 27.7. The van der Waals surface area contributed by atoms with Gasteiger partial charge in [0.05, 0.1) is 6.04 Å². The molecule has 9 N–H and O–H groups in total. The minimum absolute atomic E-state index is 0.0744. The lowest BCUT2D eigenvalue weighted by Crippen LogP contribution is -2.58. The molecule has 0 saturated heterocycles. The largest absolute Gasteiger partial charge is 0.480 e. The third-order valence-electron chi connectivity index (χ3n) is 5.86. The Morgan fingerprint density at radius 1 is 0.973 bits per heavy atom. The monoisotopic (exact) mass is 534 g/mol. The van der Waals surface area contributed by atoms with Crippen LogP contribution in [0.1, 0.15) is 32.3 Å². The number of hydrogen-bond donors (Lipinski definition) is 8. The first-order valence-corrected chi connectivity index (χ1v) is 12.4. The van der Waals surface area contributed by atoms with Gasteiger partial charge in [-0.1, -0.05) is 32.0 Å². The molecular formula is C24H34N6O6S. The van der Waals surface area contributed by atoms with E-state index in [4.69, 9.17) is 11.5 Å². The van der Waals surface area contributed by atoms with Crippen molar-refractivity contribution in [1.29, 1.82) is 0 Å². The summed E-state index contributed by atoms with van der Waals surface area (Å²) in [5.41, 5.74) is 12.8. The molecule has 202 valence electrons. The summed E-state index contributed by atoms with van der Waals surface area (Å²) in [5.74, 6) is -4.49. The molecule has 12 nitrogen and oxygen atoms in total. The number of aromatic nitrogens is 1. The van der Waals surface area contributed by atoms with E-state index in [-0.39, 0.29) is 30.9 Å². The highest BCUT2D eigenvalue weighted by Gasteiger charge is 2.31. The van der Waals surface area contributed by atoms with Gasteiger partial charge in [0.25, 0.3) is 0 Å². The minimum Gasteiger partial charge on any atom is -0.480 e. The van der Waals surface area contributed by atoms with Gasteiger partial charge in [0.15, 0.2) is 0 Å². The van der Waals surface area contributed by atoms with Crippen molar-refractivity contribution in [2.45, 2.75) is 57.3 Å². The van der Waals surface area contributed by atoms with Crippen LogP contribution in [-0.4, -0.2) is 69.6 Å². The van der Waals surface area contributed by atoms with Crippen LogP contribution in [0.2, 0.25) is 0 Å². The number of benzene rings is 1. The first-order valence-electron chi connectivity index (χ1n) is 11.8. The Bertz CT molecular complexity index is 1140. The van der Waals surface area contributed by atoms with Crippen LogP contribution in [-0.2, 0) is 30.4 Å². The fourth-order valence-electron chi connectivity index (χ4n) is 3.59. The number of primary amides is 1. The number of carboxylic acids is 1. The molecule has 1 aromatic carbocycles. The third kappa shape index (κ3) is 8.50. The van der Waals surface area contributed by atoms with Crippen LogP contribution in [0, 0.1) is 5.92 Å².